The number of halogens is 1. The Morgan fingerprint density at radius 2 is 1.94 bits per heavy atom. The number of nitrogens with one attached hydrogen (secondary N) is 1. The summed E-state index contributed by atoms with van der Waals surface area (Å²) < 4.78 is 23.3. The summed E-state index contributed by atoms with van der Waals surface area (Å²) in [7, 11) is -0.779. The Kier molecular flexibility index (Phi) is 9.21. The standard InChI is InChI=1S/C12H26N2O2S.ClH/c1-3-10-17(15,16)11-9-14(2)12-5-4-7-13-8-6-12;/h12-13H,3-11H2,1-2H3;1H. The summed E-state index contributed by atoms with van der Waals surface area (Å²) in [6.45, 7) is 4.74. The van der Waals surface area contributed by atoms with E-state index in [0.717, 1.165) is 25.9 Å². The minimum atomic E-state index is -2.83. The first kappa shape index (κ1) is 18.2. The first-order chi connectivity index (χ1) is 8.05. The molecular weight excluding hydrogens is 272 g/mol. The molecule has 0 spiro atoms. The van der Waals surface area contributed by atoms with Crippen LogP contribution in [0.1, 0.15) is 32.6 Å². The summed E-state index contributed by atoms with van der Waals surface area (Å²) >= 11 is 0. The SMILES string of the molecule is CCCS(=O)(=O)CCN(C)C1CCCNCC1.Cl. The Hall–Kier alpha value is 0.160. The average Bonchev–Trinajstić information content (AvgIpc) is 2.54. The number of hydrogen-bond acceptors (Lipinski definition) is 4. The van der Waals surface area contributed by atoms with Crippen molar-refractivity contribution in [3.8, 4) is 0 Å². The van der Waals surface area contributed by atoms with Crippen molar-refractivity contribution in [2.24, 2.45) is 0 Å². The topological polar surface area (TPSA) is 49.4 Å². The molecule has 0 aromatic carbocycles. The maximum Gasteiger partial charge on any atom is 0.151 e. The molecule has 1 aliphatic rings. The highest BCUT2D eigenvalue weighted by Gasteiger charge is 2.18. The largest absolute Gasteiger partial charge is 0.317 e. The van der Waals surface area contributed by atoms with Crippen LogP contribution in [0.5, 0.6) is 0 Å². The summed E-state index contributed by atoms with van der Waals surface area (Å²) in [5, 5.41) is 3.38. The van der Waals surface area contributed by atoms with E-state index in [4.69, 9.17) is 0 Å². The van der Waals surface area contributed by atoms with Crippen molar-refractivity contribution in [1.29, 1.82) is 0 Å². The van der Waals surface area contributed by atoms with Crippen LogP contribution < -0.4 is 5.32 Å². The fourth-order valence-electron chi connectivity index (χ4n) is 2.32. The molecule has 0 aliphatic carbocycles. The first-order valence-corrected chi connectivity index (χ1v) is 8.48. The maximum absolute atomic E-state index is 11.6. The van der Waals surface area contributed by atoms with Crippen LogP contribution in [0.25, 0.3) is 0 Å². The molecule has 0 aromatic heterocycles. The van der Waals surface area contributed by atoms with Crippen LogP contribution in [-0.4, -0.2) is 57.5 Å². The molecule has 4 nitrogen and oxygen atoms in total. The van der Waals surface area contributed by atoms with Crippen molar-refractivity contribution < 1.29 is 8.42 Å². The number of nitrogens with zero attached hydrogens (tertiary/aromatic N) is 1. The van der Waals surface area contributed by atoms with Gasteiger partial charge in [0, 0.05) is 18.3 Å². The number of sulfone groups is 1. The molecule has 1 atom stereocenters. The average molecular weight is 299 g/mol. The van der Waals surface area contributed by atoms with E-state index < -0.39 is 9.84 Å². The van der Waals surface area contributed by atoms with E-state index in [-0.39, 0.29) is 12.4 Å². The molecule has 1 fully saturated rings. The van der Waals surface area contributed by atoms with Gasteiger partial charge >= 0.3 is 0 Å². The second kappa shape index (κ2) is 9.13. The molecule has 1 aliphatic heterocycles. The van der Waals surface area contributed by atoms with Crippen LogP contribution >= 0.6 is 12.4 Å². The van der Waals surface area contributed by atoms with Gasteiger partial charge in [-0.2, -0.15) is 0 Å². The van der Waals surface area contributed by atoms with Gasteiger partial charge in [-0.25, -0.2) is 8.42 Å². The van der Waals surface area contributed by atoms with E-state index in [2.05, 4.69) is 17.3 Å². The van der Waals surface area contributed by atoms with Gasteiger partial charge < -0.3 is 10.2 Å². The third kappa shape index (κ3) is 6.92. The van der Waals surface area contributed by atoms with E-state index >= 15 is 0 Å². The minimum absolute atomic E-state index is 0. The van der Waals surface area contributed by atoms with Gasteiger partial charge in [-0.1, -0.05) is 6.92 Å². The zero-order chi connectivity index (χ0) is 12.7. The van der Waals surface area contributed by atoms with Crippen LogP contribution in [0.2, 0.25) is 0 Å². The fourth-order valence-corrected chi connectivity index (χ4v) is 3.71. The highest BCUT2D eigenvalue weighted by molar-refractivity contribution is 7.91. The lowest BCUT2D eigenvalue weighted by molar-refractivity contribution is 0.236. The van der Waals surface area contributed by atoms with Crippen molar-refractivity contribution in [1.82, 2.24) is 10.2 Å². The molecule has 18 heavy (non-hydrogen) atoms. The molecule has 110 valence electrons. The third-order valence-electron chi connectivity index (χ3n) is 3.44. The normalized spacial score (nSPS) is 21.4. The highest BCUT2D eigenvalue weighted by atomic mass is 35.5. The van der Waals surface area contributed by atoms with Gasteiger partial charge in [0.15, 0.2) is 9.84 Å². The molecule has 1 N–H and O–H groups in total. The van der Waals surface area contributed by atoms with Crippen LogP contribution in [-0.2, 0) is 9.84 Å². The van der Waals surface area contributed by atoms with Crippen molar-refractivity contribution in [2.75, 3.05) is 38.2 Å². The molecule has 0 amide bonds. The van der Waals surface area contributed by atoms with Gasteiger partial charge in [-0.05, 0) is 45.8 Å². The molecule has 0 bridgehead atoms. The summed E-state index contributed by atoms with van der Waals surface area (Å²) in [6.07, 6.45) is 4.22. The van der Waals surface area contributed by atoms with Crippen LogP contribution in [0, 0.1) is 0 Å². The fraction of sp³-hybridized carbons (Fsp3) is 1.00. The van der Waals surface area contributed by atoms with E-state index in [1.165, 1.54) is 12.8 Å². The lowest BCUT2D eigenvalue weighted by Gasteiger charge is -2.26. The smallest absolute Gasteiger partial charge is 0.151 e. The second-order valence-corrected chi connectivity index (χ2v) is 7.27. The van der Waals surface area contributed by atoms with E-state index in [9.17, 15) is 8.42 Å². The van der Waals surface area contributed by atoms with Gasteiger partial charge in [0.1, 0.15) is 0 Å². The molecule has 1 saturated heterocycles. The van der Waals surface area contributed by atoms with Gasteiger partial charge in [0.05, 0.1) is 5.75 Å². The Labute approximate surface area is 118 Å². The predicted molar refractivity (Wildman–Crippen MR) is 79.3 cm³/mol. The zero-order valence-corrected chi connectivity index (χ0v) is 13.2. The molecule has 1 heterocycles. The van der Waals surface area contributed by atoms with Crippen LogP contribution in [0.15, 0.2) is 0 Å². The summed E-state index contributed by atoms with van der Waals surface area (Å²) in [5.74, 6) is 0.633. The number of rotatable bonds is 6. The van der Waals surface area contributed by atoms with Gasteiger partial charge in [0.2, 0.25) is 0 Å². The Balaban J connectivity index is 0.00000289. The predicted octanol–water partition coefficient (Wildman–Crippen LogP) is 1.31. The maximum atomic E-state index is 11.6. The summed E-state index contributed by atoms with van der Waals surface area (Å²) in [4.78, 5) is 2.22. The van der Waals surface area contributed by atoms with Gasteiger partial charge in [-0.15, -0.1) is 12.4 Å². The first-order valence-electron chi connectivity index (χ1n) is 6.66. The molecular formula is C12H27ClN2O2S. The van der Waals surface area contributed by atoms with Gasteiger partial charge in [-0.3, -0.25) is 0 Å². The Morgan fingerprint density at radius 3 is 2.61 bits per heavy atom. The summed E-state index contributed by atoms with van der Waals surface area (Å²) in [6, 6.07) is 0.543. The monoisotopic (exact) mass is 298 g/mol. The summed E-state index contributed by atoms with van der Waals surface area (Å²) in [5.41, 5.74) is 0. The van der Waals surface area contributed by atoms with E-state index in [0.29, 0.717) is 24.1 Å². The van der Waals surface area contributed by atoms with E-state index in [1.807, 2.05) is 6.92 Å². The van der Waals surface area contributed by atoms with Crippen molar-refractivity contribution in [3.63, 3.8) is 0 Å². The third-order valence-corrected chi connectivity index (χ3v) is 5.27. The molecule has 1 rings (SSSR count). The van der Waals surface area contributed by atoms with Crippen LogP contribution in [0.4, 0.5) is 0 Å². The highest BCUT2D eigenvalue weighted by Crippen LogP contribution is 2.11. The number of hydrogen-bond donors (Lipinski definition) is 1. The minimum Gasteiger partial charge on any atom is -0.317 e. The van der Waals surface area contributed by atoms with Gasteiger partial charge in [0.25, 0.3) is 0 Å². The lowest BCUT2D eigenvalue weighted by atomic mass is 10.1. The molecule has 6 heteroatoms. The second-order valence-electron chi connectivity index (χ2n) is 4.97. The molecule has 1 unspecified atom stereocenters. The van der Waals surface area contributed by atoms with E-state index in [1.54, 1.807) is 0 Å². The quantitative estimate of drug-likeness (QED) is 0.803. The molecule has 0 radical (unpaired) electrons. The zero-order valence-electron chi connectivity index (χ0n) is 11.5. The molecule has 0 aromatic rings. The Morgan fingerprint density at radius 1 is 1.22 bits per heavy atom. The van der Waals surface area contributed by atoms with Crippen molar-refractivity contribution >= 4 is 22.2 Å². The molecule has 0 saturated carbocycles. The van der Waals surface area contributed by atoms with Crippen molar-refractivity contribution in [2.45, 2.75) is 38.6 Å². The van der Waals surface area contributed by atoms with Crippen molar-refractivity contribution in [3.05, 3.63) is 0 Å². The lowest BCUT2D eigenvalue weighted by Crippen LogP contribution is -2.36. The van der Waals surface area contributed by atoms with Crippen LogP contribution in [0.3, 0.4) is 0 Å². The Bertz CT molecular complexity index is 301.